The summed E-state index contributed by atoms with van der Waals surface area (Å²) in [6, 6.07) is 16.0. The second kappa shape index (κ2) is 10.3. The van der Waals surface area contributed by atoms with Crippen molar-refractivity contribution in [3.63, 3.8) is 0 Å². The van der Waals surface area contributed by atoms with Crippen LogP contribution in [0, 0.1) is 18.7 Å². The average molecular weight is 516 g/mol. The van der Waals surface area contributed by atoms with Gasteiger partial charge >= 0.3 is 0 Å². The summed E-state index contributed by atoms with van der Waals surface area (Å²) in [7, 11) is 1.69. The first-order chi connectivity index (χ1) is 18.3. The Morgan fingerprint density at radius 1 is 1.05 bits per heavy atom. The summed E-state index contributed by atoms with van der Waals surface area (Å²) >= 11 is 0. The maximum absolute atomic E-state index is 14.9. The Kier molecular flexibility index (Phi) is 6.78. The summed E-state index contributed by atoms with van der Waals surface area (Å²) in [5, 5.41) is 5.35. The Labute approximate surface area is 217 Å². The maximum atomic E-state index is 14.9. The van der Waals surface area contributed by atoms with Gasteiger partial charge in [0, 0.05) is 37.0 Å². The molecule has 2 N–H and O–H groups in total. The van der Waals surface area contributed by atoms with Crippen LogP contribution in [0.2, 0.25) is 0 Å². The van der Waals surface area contributed by atoms with E-state index in [0.29, 0.717) is 22.9 Å². The number of carbonyl (C=O) groups is 2. The van der Waals surface area contributed by atoms with E-state index in [-0.39, 0.29) is 28.8 Å². The van der Waals surface area contributed by atoms with E-state index < -0.39 is 17.3 Å². The standard InChI is InChI=1S/C28H26FN5O4/c1-17-25(28(37)34(33(17)2)20-9-4-3-5-10-20)27(36)31-19-11-12-23(22(29)15-19)38-21-13-14-30-24(16-21)32-26(35)18-7-6-8-18/h3-5,9-16,18H,6-8H2,1-2H3,(H,31,36)(H,30,32,35). The highest BCUT2D eigenvalue weighted by Gasteiger charge is 2.25. The van der Waals surface area contributed by atoms with E-state index in [1.54, 1.807) is 49.0 Å². The molecular formula is C28H26FN5O4. The Bertz CT molecular complexity index is 1570. The van der Waals surface area contributed by atoms with Crippen molar-refractivity contribution in [3.8, 4) is 17.2 Å². The van der Waals surface area contributed by atoms with Gasteiger partial charge in [-0.15, -0.1) is 0 Å². The second-order valence-electron chi connectivity index (χ2n) is 9.13. The fourth-order valence-corrected chi connectivity index (χ4v) is 4.25. The Balaban J connectivity index is 1.30. The SMILES string of the molecule is Cc1c(C(=O)Nc2ccc(Oc3ccnc(NC(=O)C4CCC4)c3)c(F)c2)c(=O)n(-c2ccccc2)n1C. The van der Waals surface area contributed by atoms with Crippen LogP contribution >= 0.6 is 0 Å². The minimum absolute atomic E-state index is 0.00228. The molecule has 0 unspecified atom stereocenters. The van der Waals surface area contributed by atoms with Crippen LogP contribution in [-0.2, 0) is 11.8 Å². The van der Waals surface area contributed by atoms with Crippen molar-refractivity contribution in [2.24, 2.45) is 13.0 Å². The zero-order chi connectivity index (χ0) is 26.8. The number of rotatable bonds is 7. The van der Waals surface area contributed by atoms with Gasteiger partial charge in [0.2, 0.25) is 5.91 Å². The quantitative estimate of drug-likeness (QED) is 0.368. The van der Waals surface area contributed by atoms with Crippen molar-refractivity contribution in [2.75, 3.05) is 10.6 Å². The maximum Gasteiger partial charge on any atom is 0.284 e. The lowest BCUT2D eigenvalue weighted by molar-refractivity contribution is -0.122. The van der Waals surface area contributed by atoms with Crippen LogP contribution in [0.5, 0.6) is 11.5 Å². The molecule has 1 fully saturated rings. The number of aromatic nitrogens is 3. The highest BCUT2D eigenvalue weighted by molar-refractivity contribution is 6.05. The molecule has 1 saturated carbocycles. The molecule has 2 aromatic carbocycles. The Morgan fingerprint density at radius 2 is 1.82 bits per heavy atom. The van der Waals surface area contributed by atoms with Crippen LogP contribution in [0.15, 0.2) is 71.7 Å². The molecule has 0 saturated heterocycles. The molecule has 10 heteroatoms. The molecule has 9 nitrogen and oxygen atoms in total. The summed E-state index contributed by atoms with van der Waals surface area (Å²) in [4.78, 5) is 42.4. The number of para-hydroxylation sites is 1. The van der Waals surface area contributed by atoms with Crippen molar-refractivity contribution in [3.05, 3.63) is 94.3 Å². The Morgan fingerprint density at radius 3 is 2.50 bits per heavy atom. The molecule has 1 aliphatic carbocycles. The predicted molar refractivity (Wildman–Crippen MR) is 140 cm³/mol. The first-order valence-electron chi connectivity index (χ1n) is 12.2. The van der Waals surface area contributed by atoms with Crippen LogP contribution in [0.4, 0.5) is 15.9 Å². The van der Waals surface area contributed by atoms with Crippen molar-refractivity contribution >= 4 is 23.3 Å². The van der Waals surface area contributed by atoms with E-state index in [2.05, 4.69) is 15.6 Å². The summed E-state index contributed by atoms with van der Waals surface area (Å²) in [5.74, 6) is -0.909. The monoisotopic (exact) mass is 515 g/mol. The molecule has 0 atom stereocenters. The van der Waals surface area contributed by atoms with E-state index >= 15 is 0 Å². The number of halogens is 1. The topological polar surface area (TPSA) is 107 Å². The average Bonchev–Trinajstić information content (AvgIpc) is 3.08. The number of nitrogens with zero attached hydrogens (tertiary/aromatic N) is 3. The third-order valence-electron chi connectivity index (χ3n) is 6.66. The number of pyridine rings is 1. The number of benzene rings is 2. The molecule has 4 aromatic rings. The molecule has 0 spiro atoms. The summed E-state index contributed by atoms with van der Waals surface area (Å²) in [6.45, 7) is 1.67. The minimum Gasteiger partial charge on any atom is -0.454 e. The molecule has 0 aliphatic heterocycles. The van der Waals surface area contributed by atoms with Crippen LogP contribution < -0.4 is 20.9 Å². The number of hydrogen-bond acceptors (Lipinski definition) is 5. The molecule has 0 radical (unpaired) electrons. The summed E-state index contributed by atoms with van der Waals surface area (Å²) in [5.41, 5.74) is 0.737. The van der Waals surface area contributed by atoms with Gasteiger partial charge in [0.1, 0.15) is 17.1 Å². The van der Waals surface area contributed by atoms with Crippen LogP contribution in [0.3, 0.4) is 0 Å². The fraction of sp³-hybridized carbons (Fsp3) is 0.214. The molecule has 1 aliphatic rings. The van der Waals surface area contributed by atoms with Crippen molar-refractivity contribution in [1.82, 2.24) is 14.3 Å². The lowest BCUT2D eigenvalue weighted by Gasteiger charge is -2.23. The van der Waals surface area contributed by atoms with Crippen molar-refractivity contribution in [1.29, 1.82) is 0 Å². The van der Waals surface area contributed by atoms with E-state index in [4.69, 9.17) is 4.74 Å². The molecule has 0 bridgehead atoms. The van der Waals surface area contributed by atoms with E-state index in [0.717, 1.165) is 25.3 Å². The van der Waals surface area contributed by atoms with E-state index in [1.165, 1.54) is 29.1 Å². The minimum atomic E-state index is -0.717. The van der Waals surface area contributed by atoms with Gasteiger partial charge in [0.15, 0.2) is 11.6 Å². The van der Waals surface area contributed by atoms with Crippen molar-refractivity contribution < 1.29 is 18.7 Å². The smallest absolute Gasteiger partial charge is 0.284 e. The first kappa shape index (κ1) is 24.9. The van der Waals surface area contributed by atoms with Crippen LogP contribution in [0.25, 0.3) is 5.69 Å². The van der Waals surface area contributed by atoms with Crippen LogP contribution in [-0.4, -0.2) is 26.2 Å². The highest BCUT2D eigenvalue weighted by Crippen LogP contribution is 2.30. The molecule has 5 rings (SSSR count). The van der Waals surface area contributed by atoms with Gasteiger partial charge in [-0.05, 0) is 50.1 Å². The van der Waals surface area contributed by atoms with Gasteiger partial charge in [-0.3, -0.25) is 19.1 Å². The third kappa shape index (κ3) is 4.93. The van der Waals surface area contributed by atoms with Crippen LogP contribution in [0.1, 0.15) is 35.3 Å². The van der Waals surface area contributed by atoms with Gasteiger partial charge in [-0.25, -0.2) is 14.1 Å². The summed E-state index contributed by atoms with van der Waals surface area (Å²) < 4.78 is 23.5. The number of ether oxygens (including phenoxy) is 1. The lowest BCUT2D eigenvalue weighted by atomic mass is 9.85. The second-order valence-corrected chi connectivity index (χ2v) is 9.13. The molecular weight excluding hydrogens is 489 g/mol. The lowest BCUT2D eigenvalue weighted by Crippen LogP contribution is -2.28. The number of hydrogen-bond donors (Lipinski definition) is 2. The fourth-order valence-electron chi connectivity index (χ4n) is 4.25. The van der Waals surface area contributed by atoms with Gasteiger partial charge in [-0.1, -0.05) is 24.6 Å². The van der Waals surface area contributed by atoms with Gasteiger partial charge < -0.3 is 15.4 Å². The highest BCUT2D eigenvalue weighted by atomic mass is 19.1. The number of amides is 2. The normalized spacial score (nSPS) is 13.0. The largest absolute Gasteiger partial charge is 0.454 e. The molecule has 194 valence electrons. The van der Waals surface area contributed by atoms with Crippen molar-refractivity contribution in [2.45, 2.75) is 26.2 Å². The zero-order valence-electron chi connectivity index (χ0n) is 20.9. The van der Waals surface area contributed by atoms with Gasteiger partial charge in [0.25, 0.3) is 11.5 Å². The van der Waals surface area contributed by atoms with E-state index in [1.807, 2.05) is 6.07 Å². The Hall–Kier alpha value is -4.73. The molecule has 2 amide bonds. The first-order valence-corrected chi connectivity index (χ1v) is 12.2. The number of nitrogens with one attached hydrogen (secondary N) is 2. The van der Waals surface area contributed by atoms with Gasteiger partial charge in [0.05, 0.1) is 11.4 Å². The zero-order valence-corrected chi connectivity index (χ0v) is 20.9. The molecule has 2 heterocycles. The summed E-state index contributed by atoms with van der Waals surface area (Å²) in [6.07, 6.45) is 4.23. The number of anilines is 2. The third-order valence-corrected chi connectivity index (χ3v) is 6.66. The van der Waals surface area contributed by atoms with Gasteiger partial charge in [-0.2, -0.15) is 0 Å². The predicted octanol–water partition coefficient (Wildman–Crippen LogP) is 4.80. The number of carbonyl (C=O) groups excluding carboxylic acids is 2. The molecule has 2 aromatic heterocycles. The molecule has 38 heavy (non-hydrogen) atoms. The van der Waals surface area contributed by atoms with E-state index in [9.17, 15) is 18.8 Å².